The fourth-order valence-corrected chi connectivity index (χ4v) is 4.53. The van der Waals surface area contributed by atoms with Crippen LogP contribution in [0.1, 0.15) is 30.7 Å². The number of fused-ring (bicyclic) bond motifs is 1. The van der Waals surface area contributed by atoms with Gasteiger partial charge in [-0.15, -0.1) is 11.3 Å². The molecule has 0 unspecified atom stereocenters. The van der Waals surface area contributed by atoms with E-state index in [2.05, 4.69) is 10.3 Å². The number of hydrogen-bond acceptors (Lipinski definition) is 6. The van der Waals surface area contributed by atoms with Crippen molar-refractivity contribution in [3.63, 3.8) is 0 Å². The number of thiazole rings is 1. The van der Waals surface area contributed by atoms with Crippen LogP contribution in [0.4, 0.5) is 5.13 Å². The summed E-state index contributed by atoms with van der Waals surface area (Å²) in [5.41, 5.74) is 10.9. The fraction of sp³-hybridized carbons (Fsp3) is 0.192. The maximum Gasteiger partial charge on any atom is 0.250 e. The number of hydrogen-bond donors (Lipinski definition) is 2. The van der Waals surface area contributed by atoms with E-state index in [1.807, 2.05) is 57.2 Å². The van der Waals surface area contributed by atoms with Gasteiger partial charge in [0.25, 0.3) is 0 Å². The van der Waals surface area contributed by atoms with Crippen molar-refractivity contribution in [2.24, 2.45) is 5.73 Å². The first-order valence-corrected chi connectivity index (χ1v) is 11.7. The molecule has 34 heavy (non-hydrogen) atoms. The van der Waals surface area contributed by atoms with Gasteiger partial charge in [0.1, 0.15) is 11.3 Å². The molecule has 0 saturated carbocycles. The molecule has 4 aromatic rings. The van der Waals surface area contributed by atoms with Crippen LogP contribution in [-0.2, 0) is 16.0 Å². The first-order chi connectivity index (χ1) is 16.4. The van der Waals surface area contributed by atoms with Gasteiger partial charge in [-0.3, -0.25) is 14.9 Å². The zero-order valence-corrected chi connectivity index (χ0v) is 20.0. The van der Waals surface area contributed by atoms with Gasteiger partial charge in [0.15, 0.2) is 5.13 Å². The lowest BCUT2D eigenvalue weighted by atomic mass is 9.96. The van der Waals surface area contributed by atoms with Crippen molar-refractivity contribution in [2.45, 2.75) is 27.2 Å². The monoisotopic (exact) mass is 475 g/mol. The minimum Gasteiger partial charge on any atom is -0.493 e. The second kappa shape index (κ2) is 9.93. The van der Waals surface area contributed by atoms with Crippen molar-refractivity contribution in [2.75, 3.05) is 11.9 Å². The van der Waals surface area contributed by atoms with E-state index in [9.17, 15) is 9.59 Å². The predicted molar refractivity (Wildman–Crippen MR) is 135 cm³/mol. The summed E-state index contributed by atoms with van der Waals surface area (Å²) in [5, 5.41) is 5.81. The van der Waals surface area contributed by atoms with Crippen LogP contribution in [0.3, 0.4) is 0 Å². The number of carbonyl (C=O) groups is 2. The first kappa shape index (κ1) is 23.3. The van der Waals surface area contributed by atoms with E-state index in [1.165, 1.54) is 17.4 Å². The molecule has 0 radical (unpaired) electrons. The van der Waals surface area contributed by atoms with Crippen LogP contribution in [0.15, 0.2) is 58.5 Å². The van der Waals surface area contributed by atoms with E-state index in [0.717, 1.165) is 38.8 Å². The molecule has 0 aliphatic heterocycles. The average molecular weight is 476 g/mol. The number of carbonyl (C=O) groups excluding carboxylic acids is 2. The minimum absolute atomic E-state index is 0.0344. The van der Waals surface area contributed by atoms with Crippen LogP contribution in [0, 0.1) is 6.92 Å². The van der Waals surface area contributed by atoms with E-state index in [1.54, 1.807) is 11.6 Å². The molecule has 8 heteroatoms. The Morgan fingerprint density at radius 3 is 2.74 bits per heavy atom. The SMILES string of the molecule is CCOc1c(/C(C)=C/C(=O)Nc2nc(CC(N)=O)cs2)cc2c(-c3ccccc3)coc2c1C. The normalized spacial score (nSPS) is 11.6. The summed E-state index contributed by atoms with van der Waals surface area (Å²) in [5.74, 6) is -0.112. The Balaban J connectivity index is 1.70. The number of aryl methyl sites for hydroxylation is 1. The van der Waals surface area contributed by atoms with Crippen molar-refractivity contribution in [3.05, 3.63) is 70.9 Å². The van der Waals surface area contributed by atoms with E-state index >= 15 is 0 Å². The lowest BCUT2D eigenvalue weighted by Gasteiger charge is -2.15. The van der Waals surface area contributed by atoms with Crippen LogP contribution in [0.25, 0.3) is 27.7 Å². The number of nitrogens with two attached hydrogens (primary N) is 1. The number of aromatic nitrogens is 1. The Hall–Kier alpha value is -3.91. The standard InChI is InChI=1S/C26H25N3O4S/c1-4-32-24-16(3)25-20(21(13-33-25)17-8-6-5-7-9-17)12-19(24)15(2)10-23(31)29-26-28-18(14-34-26)11-22(27)30/h5-10,12-14H,4,11H2,1-3H3,(H2,27,30)(H,28,29,31)/b15-10+. The lowest BCUT2D eigenvalue weighted by Crippen LogP contribution is -2.14. The quantitative estimate of drug-likeness (QED) is 0.335. The highest BCUT2D eigenvalue weighted by Gasteiger charge is 2.19. The summed E-state index contributed by atoms with van der Waals surface area (Å²) in [7, 11) is 0. The van der Waals surface area contributed by atoms with E-state index in [4.69, 9.17) is 14.9 Å². The van der Waals surface area contributed by atoms with E-state index in [-0.39, 0.29) is 12.3 Å². The molecule has 2 aromatic carbocycles. The predicted octanol–water partition coefficient (Wildman–Crippen LogP) is 5.33. The maximum atomic E-state index is 12.7. The molecule has 2 amide bonds. The molecule has 0 spiro atoms. The van der Waals surface area contributed by atoms with Crippen LogP contribution in [0.5, 0.6) is 5.75 Å². The number of ether oxygens (including phenoxy) is 1. The number of primary amides is 1. The summed E-state index contributed by atoms with van der Waals surface area (Å²) >= 11 is 1.24. The molecule has 2 aromatic heterocycles. The summed E-state index contributed by atoms with van der Waals surface area (Å²) in [4.78, 5) is 28.0. The van der Waals surface area contributed by atoms with Gasteiger partial charge in [-0.2, -0.15) is 0 Å². The highest BCUT2D eigenvalue weighted by molar-refractivity contribution is 7.14. The van der Waals surface area contributed by atoms with Crippen molar-refractivity contribution in [3.8, 4) is 16.9 Å². The summed E-state index contributed by atoms with van der Waals surface area (Å²) in [6, 6.07) is 12.0. The molecule has 174 valence electrons. The molecular formula is C26H25N3O4S. The highest BCUT2D eigenvalue weighted by Crippen LogP contribution is 2.40. The summed E-state index contributed by atoms with van der Waals surface area (Å²) < 4.78 is 11.9. The summed E-state index contributed by atoms with van der Waals surface area (Å²) in [6.45, 7) is 6.22. The van der Waals surface area contributed by atoms with Crippen molar-refractivity contribution in [1.29, 1.82) is 0 Å². The third-order valence-corrected chi connectivity index (χ3v) is 6.13. The van der Waals surface area contributed by atoms with E-state index < -0.39 is 5.91 Å². The third-order valence-electron chi connectivity index (χ3n) is 5.33. The molecule has 0 saturated heterocycles. The van der Waals surface area contributed by atoms with Crippen LogP contribution in [0.2, 0.25) is 0 Å². The molecule has 0 atom stereocenters. The molecule has 0 aliphatic carbocycles. The largest absolute Gasteiger partial charge is 0.493 e. The lowest BCUT2D eigenvalue weighted by molar-refractivity contribution is -0.117. The van der Waals surface area contributed by atoms with Gasteiger partial charge >= 0.3 is 0 Å². The Kier molecular flexibility index (Phi) is 6.79. The Morgan fingerprint density at radius 2 is 2.03 bits per heavy atom. The van der Waals surface area contributed by atoms with Gasteiger partial charge < -0.3 is 14.9 Å². The highest BCUT2D eigenvalue weighted by atomic mass is 32.1. The molecule has 2 heterocycles. The number of nitrogens with zero attached hydrogens (tertiary/aromatic N) is 1. The number of furan rings is 1. The zero-order chi connectivity index (χ0) is 24.2. The van der Waals surface area contributed by atoms with E-state index in [0.29, 0.717) is 23.2 Å². The average Bonchev–Trinajstić information content (AvgIpc) is 3.42. The van der Waals surface area contributed by atoms with Crippen LogP contribution in [-0.4, -0.2) is 23.4 Å². The number of amides is 2. The van der Waals surface area contributed by atoms with Gasteiger partial charge in [0, 0.05) is 33.5 Å². The van der Waals surface area contributed by atoms with Crippen molar-refractivity contribution < 1.29 is 18.7 Å². The molecule has 4 rings (SSSR count). The molecule has 0 bridgehead atoms. The second-order valence-corrected chi connectivity index (χ2v) is 8.67. The number of nitrogens with one attached hydrogen (secondary N) is 1. The van der Waals surface area contributed by atoms with Gasteiger partial charge in [-0.05, 0) is 38.0 Å². The first-order valence-electron chi connectivity index (χ1n) is 10.8. The fourth-order valence-electron chi connectivity index (χ4n) is 3.82. The number of anilines is 1. The van der Waals surface area contributed by atoms with Crippen LogP contribution < -0.4 is 15.8 Å². The minimum atomic E-state index is -0.470. The number of rotatable bonds is 8. The van der Waals surface area contributed by atoms with Crippen molar-refractivity contribution in [1.82, 2.24) is 4.98 Å². The number of allylic oxidation sites excluding steroid dienone is 1. The molecule has 7 nitrogen and oxygen atoms in total. The Morgan fingerprint density at radius 1 is 1.26 bits per heavy atom. The molecular weight excluding hydrogens is 450 g/mol. The number of benzene rings is 2. The molecule has 3 N–H and O–H groups in total. The Labute approximate surface area is 201 Å². The topological polar surface area (TPSA) is 107 Å². The second-order valence-electron chi connectivity index (χ2n) is 7.81. The van der Waals surface area contributed by atoms with Crippen LogP contribution >= 0.6 is 11.3 Å². The Bertz CT molecular complexity index is 1390. The van der Waals surface area contributed by atoms with Crippen molar-refractivity contribution >= 4 is 44.8 Å². The van der Waals surface area contributed by atoms with Gasteiger partial charge in [-0.1, -0.05) is 30.3 Å². The van der Waals surface area contributed by atoms with Gasteiger partial charge in [0.2, 0.25) is 11.8 Å². The summed E-state index contributed by atoms with van der Waals surface area (Å²) in [6.07, 6.45) is 3.30. The maximum absolute atomic E-state index is 12.7. The van der Waals surface area contributed by atoms with Gasteiger partial charge in [-0.25, -0.2) is 4.98 Å². The molecule has 0 aliphatic rings. The molecule has 0 fully saturated rings. The third kappa shape index (κ3) is 4.87. The zero-order valence-electron chi connectivity index (χ0n) is 19.2. The van der Waals surface area contributed by atoms with Gasteiger partial charge in [0.05, 0.1) is 25.0 Å². The smallest absolute Gasteiger partial charge is 0.250 e.